The van der Waals surface area contributed by atoms with Crippen LogP contribution in [-0.4, -0.2) is 25.3 Å². The predicted octanol–water partition coefficient (Wildman–Crippen LogP) is 3.99. The Morgan fingerprint density at radius 3 is 2.63 bits per heavy atom. The number of rotatable bonds is 6. The van der Waals surface area contributed by atoms with Gasteiger partial charge in [-0.15, -0.1) is 0 Å². The molecule has 0 saturated carbocycles. The highest BCUT2D eigenvalue weighted by Gasteiger charge is 2.25. The van der Waals surface area contributed by atoms with E-state index >= 15 is 0 Å². The minimum Gasteiger partial charge on any atom is -0.375 e. The highest BCUT2D eigenvalue weighted by atomic mass is 35.5. The standard InChI is InChI=1S/C16H24ClNO/c1-3-18-11-14(10-16-9-4-12(2)19-16)13-5-7-15(17)8-6-13/h5-8,12,14,16,18H,3-4,9-11H2,1-2H3. The third-order valence-corrected chi connectivity index (χ3v) is 4.10. The Morgan fingerprint density at radius 1 is 1.32 bits per heavy atom. The number of hydrogen-bond acceptors (Lipinski definition) is 2. The van der Waals surface area contributed by atoms with Crippen molar-refractivity contribution in [1.82, 2.24) is 5.32 Å². The molecule has 1 heterocycles. The second kappa shape index (κ2) is 7.28. The van der Waals surface area contributed by atoms with Crippen LogP contribution in [-0.2, 0) is 4.74 Å². The van der Waals surface area contributed by atoms with Crippen LogP contribution in [0.3, 0.4) is 0 Å². The minimum absolute atomic E-state index is 0.411. The van der Waals surface area contributed by atoms with Gasteiger partial charge >= 0.3 is 0 Å². The van der Waals surface area contributed by atoms with Crippen molar-refractivity contribution in [2.24, 2.45) is 0 Å². The van der Waals surface area contributed by atoms with Crippen molar-refractivity contribution in [2.45, 2.75) is 51.2 Å². The number of halogens is 1. The topological polar surface area (TPSA) is 21.3 Å². The van der Waals surface area contributed by atoms with Gasteiger partial charge in [0.2, 0.25) is 0 Å². The van der Waals surface area contributed by atoms with Crippen LogP contribution in [0.25, 0.3) is 0 Å². The van der Waals surface area contributed by atoms with Crippen molar-refractivity contribution in [1.29, 1.82) is 0 Å². The number of ether oxygens (including phenoxy) is 1. The van der Waals surface area contributed by atoms with Crippen molar-refractivity contribution < 1.29 is 4.74 Å². The van der Waals surface area contributed by atoms with Crippen molar-refractivity contribution >= 4 is 11.6 Å². The fraction of sp³-hybridized carbons (Fsp3) is 0.625. The molecule has 3 heteroatoms. The van der Waals surface area contributed by atoms with Gasteiger partial charge in [-0.3, -0.25) is 0 Å². The number of likely N-dealkylation sites (N-methyl/N-ethyl adjacent to an activating group) is 1. The van der Waals surface area contributed by atoms with E-state index < -0.39 is 0 Å². The zero-order valence-corrected chi connectivity index (χ0v) is 12.6. The van der Waals surface area contributed by atoms with Gasteiger partial charge in [0.25, 0.3) is 0 Å². The summed E-state index contributed by atoms with van der Waals surface area (Å²) in [5, 5.41) is 4.26. The molecule has 0 amide bonds. The van der Waals surface area contributed by atoms with E-state index in [0.29, 0.717) is 18.1 Å². The summed E-state index contributed by atoms with van der Waals surface area (Å²) in [7, 11) is 0. The lowest BCUT2D eigenvalue weighted by atomic mass is 9.92. The van der Waals surface area contributed by atoms with Gasteiger partial charge in [0.1, 0.15) is 0 Å². The molecule has 106 valence electrons. The first kappa shape index (κ1) is 14.8. The van der Waals surface area contributed by atoms with Crippen LogP contribution >= 0.6 is 11.6 Å². The molecule has 2 rings (SSSR count). The first-order chi connectivity index (χ1) is 9.19. The van der Waals surface area contributed by atoms with E-state index in [2.05, 4.69) is 31.3 Å². The summed E-state index contributed by atoms with van der Waals surface area (Å²) in [6, 6.07) is 8.24. The summed E-state index contributed by atoms with van der Waals surface area (Å²) in [5.74, 6) is 0.507. The predicted molar refractivity (Wildman–Crippen MR) is 80.9 cm³/mol. The molecule has 1 aromatic rings. The molecule has 0 aliphatic carbocycles. The van der Waals surface area contributed by atoms with Gasteiger partial charge in [0.05, 0.1) is 12.2 Å². The van der Waals surface area contributed by atoms with Crippen LogP contribution in [0.5, 0.6) is 0 Å². The molecule has 1 aromatic carbocycles. The lowest BCUT2D eigenvalue weighted by Gasteiger charge is -2.21. The molecule has 1 aliphatic rings. The maximum Gasteiger partial charge on any atom is 0.0586 e. The lowest BCUT2D eigenvalue weighted by molar-refractivity contribution is 0.0466. The van der Waals surface area contributed by atoms with Crippen LogP contribution in [0.4, 0.5) is 0 Å². The first-order valence-corrected chi connectivity index (χ1v) is 7.68. The molecule has 3 unspecified atom stereocenters. The maximum atomic E-state index is 5.97. The Labute approximate surface area is 121 Å². The van der Waals surface area contributed by atoms with E-state index in [9.17, 15) is 0 Å². The van der Waals surface area contributed by atoms with Crippen LogP contribution in [0.1, 0.15) is 44.6 Å². The van der Waals surface area contributed by atoms with Crippen LogP contribution in [0.2, 0.25) is 5.02 Å². The summed E-state index contributed by atoms with van der Waals surface area (Å²) < 4.78 is 5.96. The summed E-state index contributed by atoms with van der Waals surface area (Å²) in [5.41, 5.74) is 1.36. The Kier molecular flexibility index (Phi) is 5.68. The minimum atomic E-state index is 0.411. The van der Waals surface area contributed by atoms with E-state index in [1.165, 1.54) is 18.4 Å². The van der Waals surface area contributed by atoms with Crippen LogP contribution in [0, 0.1) is 0 Å². The molecule has 0 spiro atoms. The zero-order chi connectivity index (χ0) is 13.7. The van der Waals surface area contributed by atoms with Gasteiger partial charge in [-0.2, -0.15) is 0 Å². The van der Waals surface area contributed by atoms with Gasteiger partial charge in [-0.05, 0) is 56.3 Å². The lowest BCUT2D eigenvalue weighted by Crippen LogP contribution is -2.24. The van der Waals surface area contributed by atoms with Gasteiger partial charge in [0, 0.05) is 11.6 Å². The summed E-state index contributed by atoms with van der Waals surface area (Å²) in [6.45, 7) is 6.33. The van der Waals surface area contributed by atoms with Crippen molar-refractivity contribution in [3.63, 3.8) is 0 Å². The fourth-order valence-corrected chi connectivity index (χ4v) is 2.89. The summed E-state index contributed by atoms with van der Waals surface area (Å²) in [4.78, 5) is 0. The maximum absolute atomic E-state index is 5.97. The van der Waals surface area contributed by atoms with Crippen LogP contribution < -0.4 is 5.32 Å². The van der Waals surface area contributed by atoms with Crippen molar-refractivity contribution in [2.75, 3.05) is 13.1 Å². The Balaban J connectivity index is 2.00. The van der Waals surface area contributed by atoms with Crippen molar-refractivity contribution in [3.05, 3.63) is 34.9 Å². The molecule has 1 aliphatic heterocycles. The smallest absolute Gasteiger partial charge is 0.0586 e. The number of benzene rings is 1. The molecule has 2 nitrogen and oxygen atoms in total. The molecule has 1 N–H and O–H groups in total. The van der Waals surface area contributed by atoms with Gasteiger partial charge in [-0.25, -0.2) is 0 Å². The summed E-state index contributed by atoms with van der Waals surface area (Å²) >= 11 is 5.97. The molecule has 19 heavy (non-hydrogen) atoms. The first-order valence-electron chi connectivity index (χ1n) is 7.30. The van der Waals surface area contributed by atoms with E-state index in [0.717, 1.165) is 24.5 Å². The summed E-state index contributed by atoms with van der Waals surface area (Å²) in [6.07, 6.45) is 4.32. The second-order valence-corrected chi connectivity index (χ2v) is 5.87. The molecule has 1 fully saturated rings. The third-order valence-electron chi connectivity index (χ3n) is 3.85. The molecule has 0 aromatic heterocycles. The van der Waals surface area contributed by atoms with Gasteiger partial charge in [0.15, 0.2) is 0 Å². The van der Waals surface area contributed by atoms with Gasteiger partial charge in [-0.1, -0.05) is 30.7 Å². The van der Waals surface area contributed by atoms with E-state index in [-0.39, 0.29) is 0 Å². The number of hydrogen-bond donors (Lipinski definition) is 1. The third kappa shape index (κ3) is 4.48. The highest BCUT2D eigenvalue weighted by molar-refractivity contribution is 6.30. The quantitative estimate of drug-likeness (QED) is 0.851. The fourth-order valence-electron chi connectivity index (χ4n) is 2.77. The molecule has 1 saturated heterocycles. The van der Waals surface area contributed by atoms with Gasteiger partial charge < -0.3 is 10.1 Å². The van der Waals surface area contributed by atoms with Crippen LogP contribution in [0.15, 0.2) is 24.3 Å². The number of nitrogens with one attached hydrogen (secondary N) is 1. The Hall–Kier alpha value is -0.570. The highest BCUT2D eigenvalue weighted by Crippen LogP contribution is 2.29. The Bertz CT molecular complexity index is 379. The zero-order valence-electron chi connectivity index (χ0n) is 11.9. The molecule has 3 atom stereocenters. The monoisotopic (exact) mass is 281 g/mol. The van der Waals surface area contributed by atoms with E-state index in [4.69, 9.17) is 16.3 Å². The molecular weight excluding hydrogens is 258 g/mol. The average Bonchev–Trinajstić information content (AvgIpc) is 2.81. The molecule has 0 radical (unpaired) electrons. The molecule has 0 bridgehead atoms. The largest absolute Gasteiger partial charge is 0.375 e. The van der Waals surface area contributed by atoms with E-state index in [1.54, 1.807) is 0 Å². The SMILES string of the molecule is CCNCC(CC1CCC(C)O1)c1ccc(Cl)cc1. The Morgan fingerprint density at radius 2 is 2.05 bits per heavy atom. The molecular formula is C16H24ClNO. The van der Waals surface area contributed by atoms with E-state index in [1.807, 2.05) is 12.1 Å². The van der Waals surface area contributed by atoms with Crippen molar-refractivity contribution in [3.8, 4) is 0 Å². The second-order valence-electron chi connectivity index (χ2n) is 5.44. The normalized spacial score (nSPS) is 24.6. The average molecular weight is 282 g/mol.